The normalized spacial score (nSPS) is 11.6. The molecular formula is C15H16Cl2N2O4S. The van der Waals surface area contributed by atoms with Gasteiger partial charge in [-0.3, -0.25) is 0 Å². The lowest BCUT2D eigenvalue weighted by molar-refractivity contribution is 0.384. The summed E-state index contributed by atoms with van der Waals surface area (Å²) in [6, 6.07) is 6.45. The molecule has 0 aliphatic heterocycles. The van der Waals surface area contributed by atoms with E-state index in [4.69, 9.17) is 32.7 Å². The summed E-state index contributed by atoms with van der Waals surface area (Å²) in [6.45, 7) is 0.0917. The molecule has 0 aliphatic carbocycles. The quantitative estimate of drug-likeness (QED) is 0.708. The van der Waals surface area contributed by atoms with Crippen molar-refractivity contribution in [3.05, 3.63) is 46.2 Å². The van der Waals surface area contributed by atoms with E-state index in [1.165, 1.54) is 20.2 Å². The number of halogens is 2. The minimum absolute atomic E-state index is 0.0172. The lowest BCUT2D eigenvalue weighted by atomic mass is 10.2. The third-order valence-corrected chi connectivity index (χ3v) is 5.82. The zero-order valence-corrected chi connectivity index (χ0v) is 15.6. The molecule has 0 radical (unpaired) electrons. The van der Waals surface area contributed by atoms with Gasteiger partial charge in [0, 0.05) is 25.2 Å². The van der Waals surface area contributed by atoms with E-state index in [9.17, 15) is 8.42 Å². The Hall–Kier alpha value is -1.54. The van der Waals surface area contributed by atoms with Gasteiger partial charge in [-0.1, -0.05) is 29.3 Å². The minimum Gasteiger partial charge on any atom is -0.497 e. The Morgan fingerprint density at radius 3 is 2.46 bits per heavy atom. The lowest BCUT2D eigenvalue weighted by Crippen LogP contribution is -2.27. The van der Waals surface area contributed by atoms with Gasteiger partial charge in [0.15, 0.2) is 0 Å². The maximum atomic E-state index is 12.7. The molecule has 0 saturated heterocycles. The van der Waals surface area contributed by atoms with Crippen molar-refractivity contribution in [3.63, 3.8) is 0 Å². The van der Waals surface area contributed by atoms with Crippen molar-refractivity contribution in [2.75, 3.05) is 21.3 Å². The topological polar surface area (TPSA) is 68.7 Å². The highest BCUT2D eigenvalue weighted by Gasteiger charge is 2.25. The van der Waals surface area contributed by atoms with Crippen LogP contribution in [0.2, 0.25) is 10.2 Å². The first-order chi connectivity index (χ1) is 11.3. The first-order valence-electron chi connectivity index (χ1n) is 6.78. The molecule has 0 amide bonds. The fourth-order valence-electron chi connectivity index (χ4n) is 2.06. The van der Waals surface area contributed by atoms with E-state index in [1.54, 1.807) is 25.3 Å². The van der Waals surface area contributed by atoms with Crippen LogP contribution in [0.4, 0.5) is 0 Å². The summed E-state index contributed by atoms with van der Waals surface area (Å²) < 4.78 is 36.9. The summed E-state index contributed by atoms with van der Waals surface area (Å²) in [6.07, 6.45) is 1.14. The van der Waals surface area contributed by atoms with Crippen LogP contribution in [0.1, 0.15) is 5.56 Å². The molecule has 0 N–H and O–H groups in total. The van der Waals surface area contributed by atoms with Crippen molar-refractivity contribution >= 4 is 33.2 Å². The number of nitrogens with zero attached hydrogens (tertiary/aromatic N) is 2. The Morgan fingerprint density at radius 2 is 1.88 bits per heavy atom. The molecular weight excluding hydrogens is 375 g/mol. The molecule has 2 aromatic rings. The van der Waals surface area contributed by atoms with Gasteiger partial charge in [0.05, 0.1) is 25.4 Å². The van der Waals surface area contributed by atoms with Gasteiger partial charge >= 0.3 is 0 Å². The van der Waals surface area contributed by atoms with E-state index in [-0.39, 0.29) is 21.6 Å². The highest BCUT2D eigenvalue weighted by Crippen LogP contribution is 2.29. The molecule has 130 valence electrons. The van der Waals surface area contributed by atoms with Crippen LogP contribution in [0, 0.1) is 0 Å². The van der Waals surface area contributed by atoms with Crippen molar-refractivity contribution in [1.82, 2.24) is 9.29 Å². The lowest BCUT2D eigenvalue weighted by Gasteiger charge is -2.19. The van der Waals surface area contributed by atoms with Gasteiger partial charge in [0.2, 0.25) is 10.0 Å². The Balaban J connectivity index is 2.33. The smallest absolute Gasteiger partial charge is 0.246 e. The van der Waals surface area contributed by atoms with Gasteiger partial charge in [0.25, 0.3) is 0 Å². The Morgan fingerprint density at radius 1 is 1.17 bits per heavy atom. The van der Waals surface area contributed by atoms with Crippen molar-refractivity contribution in [2.24, 2.45) is 0 Å². The van der Waals surface area contributed by atoms with E-state index >= 15 is 0 Å². The van der Waals surface area contributed by atoms with Crippen LogP contribution in [0.25, 0.3) is 0 Å². The Labute approximate surface area is 151 Å². The summed E-state index contributed by atoms with van der Waals surface area (Å²) in [5, 5.41) is 0.141. The molecule has 1 aromatic carbocycles. The number of aromatic nitrogens is 1. The van der Waals surface area contributed by atoms with Gasteiger partial charge in [-0.15, -0.1) is 0 Å². The third kappa shape index (κ3) is 3.92. The van der Waals surface area contributed by atoms with E-state index in [2.05, 4.69) is 4.98 Å². The number of pyridine rings is 1. The van der Waals surface area contributed by atoms with Gasteiger partial charge < -0.3 is 9.47 Å². The van der Waals surface area contributed by atoms with Crippen LogP contribution in [0.5, 0.6) is 11.5 Å². The van der Waals surface area contributed by atoms with Crippen molar-refractivity contribution in [1.29, 1.82) is 0 Å². The van der Waals surface area contributed by atoms with Crippen LogP contribution >= 0.6 is 23.2 Å². The molecule has 0 bridgehead atoms. The average molecular weight is 391 g/mol. The first kappa shape index (κ1) is 18.8. The molecule has 2 rings (SSSR count). The number of rotatable bonds is 6. The molecule has 1 aromatic heterocycles. The van der Waals surface area contributed by atoms with E-state index in [0.29, 0.717) is 17.1 Å². The summed E-state index contributed by atoms with van der Waals surface area (Å²) in [7, 11) is 0.665. The molecule has 6 nitrogen and oxygen atoms in total. The third-order valence-electron chi connectivity index (χ3n) is 3.36. The second-order valence-electron chi connectivity index (χ2n) is 4.88. The highest BCUT2D eigenvalue weighted by atomic mass is 35.5. The molecule has 0 atom stereocenters. The van der Waals surface area contributed by atoms with E-state index < -0.39 is 10.0 Å². The van der Waals surface area contributed by atoms with Gasteiger partial charge in [-0.25, -0.2) is 13.4 Å². The predicted octanol–water partition coefficient (Wildman–Crippen LogP) is 3.23. The van der Waals surface area contributed by atoms with Crippen LogP contribution in [0.15, 0.2) is 35.4 Å². The zero-order valence-electron chi connectivity index (χ0n) is 13.3. The molecule has 0 fully saturated rings. The van der Waals surface area contributed by atoms with Crippen LogP contribution in [0.3, 0.4) is 0 Å². The second kappa shape index (κ2) is 7.57. The van der Waals surface area contributed by atoms with Crippen LogP contribution < -0.4 is 9.47 Å². The molecule has 0 saturated carbocycles. The highest BCUT2D eigenvalue weighted by molar-refractivity contribution is 7.89. The van der Waals surface area contributed by atoms with Gasteiger partial charge in [-0.05, 0) is 12.1 Å². The predicted molar refractivity (Wildman–Crippen MR) is 92.5 cm³/mol. The number of sulfonamides is 1. The minimum atomic E-state index is -3.83. The number of hydrogen-bond donors (Lipinski definition) is 0. The van der Waals surface area contributed by atoms with Crippen molar-refractivity contribution in [2.45, 2.75) is 11.4 Å². The van der Waals surface area contributed by atoms with E-state index in [0.717, 1.165) is 10.5 Å². The Kier molecular flexibility index (Phi) is 5.92. The second-order valence-corrected chi connectivity index (χ2v) is 7.68. The molecule has 1 heterocycles. The fraction of sp³-hybridized carbons (Fsp3) is 0.267. The molecule has 9 heteroatoms. The summed E-state index contributed by atoms with van der Waals surface area (Å²) in [4.78, 5) is 3.68. The largest absolute Gasteiger partial charge is 0.497 e. The number of hydrogen-bond acceptors (Lipinski definition) is 5. The van der Waals surface area contributed by atoms with Gasteiger partial charge in [0.1, 0.15) is 21.5 Å². The molecule has 0 unspecified atom stereocenters. The van der Waals surface area contributed by atoms with Crippen molar-refractivity contribution < 1.29 is 17.9 Å². The van der Waals surface area contributed by atoms with Crippen molar-refractivity contribution in [3.8, 4) is 11.5 Å². The molecule has 24 heavy (non-hydrogen) atoms. The van der Waals surface area contributed by atoms with Crippen LogP contribution in [-0.2, 0) is 16.6 Å². The van der Waals surface area contributed by atoms with E-state index in [1.807, 2.05) is 0 Å². The maximum absolute atomic E-state index is 12.7. The number of methoxy groups -OCH3 is 2. The molecule has 0 spiro atoms. The maximum Gasteiger partial charge on any atom is 0.246 e. The summed E-state index contributed by atoms with van der Waals surface area (Å²) >= 11 is 11.7. The Bertz CT molecular complexity index is 843. The fourth-order valence-corrected chi connectivity index (χ4v) is 3.85. The zero-order chi connectivity index (χ0) is 17.9. The summed E-state index contributed by atoms with van der Waals surface area (Å²) in [5.74, 6) is 1.14. The SMILES string of the molecule is COc1ccc(CN(C)S(=O)(=O)c2cnc(Cl)cc2Cl)c(OC)c1. The number of ether oxygens (including phenoxy) is 2. The monoisotopic (exact) mass is 390 g/mol. The van der Waals surface area contributed by atoms with Crippen LogP contribution in [-0.4, -0.2) is 39.0 Å². The first-order valence-corrected chi connectivity index (χ1v) is 8.97. The molecule has 0 aliphatic rings. The van der Waals surface area contributed by atoms with Gasteiger partial charge in [-0.2, -0.15) is 4.31 Å². The average Bonchev–Trinajstić information content (AvgIpc) is 2.54. The number of benzene rings is 1. The summed E-state index contributed by atoms with van der Waals surface area (Å²) in [5.41, 5.74) is 0.683. The standard InChI is InChI=1S/C15H16Cl2N2O4S/c1-19(9-10-4-5-11(22-2)6-13(10)23-3)24(20,21)14-8-18-15(17)7-12(14)16/h4-8H,9H2,1-3H3.